The fourth-order valence-corrected chi connectivity index (χ4v) is 2.20. The van der Waals surface area contributed by atoms with E-state index in [1.807, 2.05) is 6.92 Å². The van der Waals surface area contributed by atoms with Gasteiger partial charge in [0, 0.05) is 12.6 Å². The normalized spacial score (nSPS) is 10.7. The van der Waals surface area contributed by atoms with Gasteiger partial charge in [0.15, 0.2) is 0 Å². The third kappa shape index (κ3) is 2.48. The molecule has 106 valence electrons. The Kier molecular flexibility index (Phi) is 4.27. The summed E-state index contributed by atoms with van der Waals surface area (Å²) < 4.78 is 28.3. The first-order chi connectivity index (χ1) is 9.60. The number of hydrogen-bond acceptors (Lipinski definition) is 3. The second-order valence-corrected chi connectivity index (χ2v) is 4.60. The number of aromatic nitrogens is 2. The maximum absolute atomic E-state index is 14.3. The van der Waals surface area contributed by atoms with E-state index in [1.165, 1.54) is 18.5 Å². The average Bonchev–Trinajstić information content (AvgIpc) is 2.45. The summed E-state index contributed by atoms with van der Waals surface area (Å²) in [7, 11) is 1.73. The number of nitrogens with zero attached hydrogens (tertiary/aromatic N) is 2. The van der Waals surface area contributed by atoms with E-state index in [1.54, 1.807) is 14.0 Å². The molecule has 0 spiro atoms. The van der Waals surface area contributed by atoms with Crippen molar-refractivity contribution in [1.29, 1.82) is 0 Å². The van der Waals surface area contributed by atoms with Crippen molar-refractivity contribution >= 4 is 5.82 Å². The Morgan fingerprint density at radius 3 is 2.60 bits per heavy atom. The molecule has 1 aromatic heterocycles. The van der Waals surface area contributed by atoms with Crippen LogP contribution < -0.4 is 5.32 Å². The number of anilines is 1. The highest BCUT2D eigenvalue weighted by molar-refractivity contribution is 5.70. The molecule has 0 unspecified atom stereocenters. The predicted molar refractivity (Wildman–Crippen MR) is 75.7 cm³/mol. The molecule has 0 saturated heterocycles. The van der Waals surface area contributed by atoms with Gasteiger partial charge in [0.05, 0.1) is 11.3 Å². The van der Waals surface area contributed by atoms with Crippen molar-refractivity contribution < 1.29 is 8.78 Å². The van der Waals surface area contributed by atoms with Crippen molar-refractivity contribution in [2.75, 3.05) is 12.4 Å². The first kappa shape index (κ1) is 14.4. The van der Waals surface area contributed by atoms with Crippen LogP contribution in [-0.4, -0.2) is 17.0 Å². The quantitative estimate of drug-likeness (QED) is 0.925. The lowest BCUT2D eigenvalue weighted by Crippen LogP contribution is -2.05. The largest absolute Gasteiger partial charge is 0.373 e. The Labute approximate surface area is 117 Å². The zero-order valence-corrected chi connectivity index (χ0v) is 11.8. The molecule has 1 aromatic carbocycles. The van der Waals surface area contributed by atoms with Crippen molar-refractivity contribution in [3.63, 3.8) is 0 Å². The number of benzene rings is 1. The van der Waals surface area contributed by atoms with E-state index >= 15 is 0 Å². The molecular weight excluding hydrogens is 260 g/mol. The summed E-state index contributed by atoms with van der Waals surface area (Å²) in [6.07, 6.45) is 2.81. The van der Waals surface area contributed by atoms with Crippen LogP contribution in [0.5, 0.6) is 0 Å². The Bertz CT molecular complexity index is 627. The van der Waals surface area contributed by atoms with Crippen molar-refractivity contribution in [3.8, 4) is 11.3 Å². The van der Waals surface area contributed by atoms with Crippen molar-refractivity contribution in [2.45, 2.75) is 26.7 Å². The van der Waals surface area contributed by atoms with Crippen LogP contribution >= 0.6 is 0 Å². The second kappa shape index (κ2) is 5.94. The molecule has 2 aromatic rings. The minimum Gasteiger partial charge on any atom is -0.373 e. The van der Waals surface area contributed by atoms with E-state index in [0.29, 0.717) is 23.5 Å². The fourth-order valence-electron chi connectivity index (χ4n) is 2.20. The minimum absolute atomic E-state index is 0.0765. The van der Waals surface area contributed by atoms with Crippen LogP contribution in [0.3, 0.4) is 0 Å². The second-order valence-electron chi connectivity index (χ2n) is 4.60. The molecule has 0 amide bonds. The first-order valence-corrected chi connectivity index (χ1v) is 6.56. The number of aryl methyl sites for hydroxylation is 1. The lowest BCUT2D eigenvalue weighted by Gasteiger charge is -2.14. The van der Waals surface area contributed by atoms with Gasteiger partial charge in [0.25, 0.3) is 0 Å². The van der Waals surface area contributed by atoms with Crippen LogP contribution in [0.4, 0.5) is 14.6 Å². The molecular formula is C15H17F2N3. The molecule has 0 saturated carbocycles. The zero-order chi connectivity index (χ0) is 14.7. The topological polar surface area (TPSA) is 37.8 Å². The van der Waals surface area contributed by atoms with Crippen molar-refractivity contribution in [1.82, 2.24) is 9.97 Å². The summed E-state index contributed by atoms with van der Waals surface area (Å²) in [5.74, 6) is -0.563. The maximum Gasteiger partial charge on any atom is 0.138 e. The van der Waals surface area contributed by atoms with E-state index in [-0.39, 0.29) is 5.56 Å². The molecule has 0 aliphatic heterocycles. The monoisotopic (exact) mass is 277 g/mol. The third-order valence-corrected chi connectivity index (χ3v) is 3.20. The number of rotatable bonds is 4. The molecule has 1 heterocycles. The Hall–Kier alpha value is -2.04. The van der Waals surface area contributed by atoms with Gasteiger partial charge in [-0.3, -0.25) is 0 Å². The highest BCUT2D eigenvalue weighted by Gasteiger charge is 2.20. The molecule has 2 rings (SSSR count). The standard InChI is InChI=1S/C15H17F2N3/c1-4-5-10-14(19-8-20-15(10)18-3)12-11(16)7-6-9(2)13(12)17/h6-8H,4-5H2,1-3H3,(H,18,19,20). The molecule has 0 fully saturated rings. The Morgan fingerprint density at radius 1 is 1.20 bits per heavy atom. The first-order valence-electron chi connectivity index (χ1n) is 6.56. The lowest BCUT2D eigenvalue weighted by molar-refractivity contribution is 0.582. The Morgan fingerprint density at radius 2 is 1.95 bits per heavy atom. The van der Waals surface area contributed by atoms with Gasteiger partial charge >= 0.3 is 0 Å². The van der Waals surface area contributed by atoms with Crippen LogP contribution in [0.1, 0.15) is 24.5 Å². The summed E-state index contributed by atoms with van der Waals surface area (Å²) in [5, 5.41) is 2.95. The highest BCUT2D eigenvalue weighted by atomic mass is 19.1. The molecule has 0 bridgehead atoms. The molecule has 0 aliphatic rings. The predicted octanol–water partition coefficient (Wildman–Crippen LogP) is 3.72. The number of hydrogen-bond donors (Lipinski definition) is 1. The van der Waals surface area contributed by atoms with Gasteiger partial charge in [0.2, 0.25) is 0 Å². The summed E-state index contributed by atoms with van der Waals surface area (Å²) in [6, 6.07) is 2.69. The van der Waals surface area contributed by atoms with Gasteiger partial charge in [-0.15, -0.1) is 0 Å². The van der Waals surface area contributed by atoms with Crippen LogP contribution in [0, 0.1) is 18.6 Å². The average molecular weight is 277 g/mol. The lowest BCUT2D eigenvalue weighted by atomic mass is 10.00. The Balaban J connectivity index is 2.73. The fraction of sp³-hybridized carbons (Fsp3) is 0.333. The summed E-state index contributed by atoms with van der Waals surface area (Å²) in [4.78, 5) is 8.22. The molecule has 0 aliphatic carbocycles. The molecule has 3 nitrogen and oxygen atoms in total. The van der Waals surface area contributed by atoms with E-state index in [2.05, 4.69) is 15.3 Å². The van der Waals surface area contributed by atoms with Gasteiger partial charge in [-0.05, 0) is 25.0 Å². The zero-order valence-electron chi connectivity index (χ0n) is 11.8. The van der Waals surface area contributed by atoms with Crippen molar-refractivity contribution in [3.05, 3.63) is 41.2 Å². The SMILES string of the molecule is CCCc1c(NC)ncnc1-c1c(F)ccc(C)c1F. The van der Waals surface area contributed by atoms with Gasteiger partial charge in [0.1, 0.15) is 23.8 Å². The van der Waals surface area contributed by atoms with Crippen LogP contribution in [0.2, 0.25) is 0 Å². The van der Waals surface area contributed by atoms with E-state index in [9.17, 15) is 8.78 Å². The van der Waals surface area contributed by atoms with Crippen molar-refractivity contribution in [2.24, 2.45) is 0 Å². The molecule has 0 radical (unpaired) electrons. The minimum atomic E-state index is -0.605. The summed E-state index contributed by atoms with van der Waals surface area (Å²) in [6.45, 7) is 3.61. The molecule has 0 atom stereocenters. The third-order valence-electron chi connectivity index (χ3n) is 3.20. The summed E-state index contributed by atoms with van der Waals surface area (Å²) in [5.41, 5.74) is 1.38. The van der Waals surface area contributed by atoms with E-state index in [0.717, 1.165) is 12.0 Å². The van der Waals surface area contributed by atoms with Gasteiger partial charge in [-0.2, -0.15) is 0 Å². The van der Waals surface area contributed by atoms with Gasteiger partial charge in [-0.1, -0.05) is 19.4 Å². The van der Waals surface area contributed by atoms with Gasteiger partial charge < -0.3 is 5.32 Å². The molecule has 5 heteroatoms. The van der Waals surface area contributed by atoms with Crippen LogP contribution in [0.25, 0.3) is 11.3 Å². The maximum atomic E-state index is 14.3. The van der Waals surface area contributed by atoms with Crippen LogP contribution in [0.15, 0.2) is 18.5 Å². The van der Waals surface area contributed by atoms with E-state index in [4.69, 9.17) is 0 Å². The summed E-state index contributed by atoms with van der Waals surface area (Å²) >= 11 is 0. The molecule has 1 N–H and O–H groups in total. The van der Waals surface area contributed by atoms with Gasteiger partial charge in [-0.25, -0.2) is 18.7 Å². The number of nitrogens with one attached hydrogen (secondary N) is 1. The van der Waals surface area contributed by atoms with E-state index < -0.39 is 11.6 Å². The van der Waals surface area contributed by atoms with Crippen LogP contribution in [-0.2, 0) is 6.42 Å². The highest BCUT2D eigenvalue weighted by Crippen LogP contribution is 2.32. The smallest absolute Gasteiger partial charge is 0.138 e. The molecule has 20 heavy (non-hydrogen) atoms. The number of halogens is 2.